The zero-order valence-corrected chi connectivity index (χ0v) is 13.4. The third kappa shape index (κ3) is 3.37. The summed E-state index contributed by atoms with van der Waals surface area (Å²) in [5.74, 6) is 2.81. The molecule has 1 heterocycles. The lowest BCUT2D eigenvalue weighted by Crippen LogP contribution is -2.31. The normalized spacial score (nSPS) is 18.0. The minimum absolute atomic E-state index is 0.576. The first-order valence-corrected chi connectivity index (χ1v) is 8.59. The van der Waals surface area contributed by atoms with Crippen molar-refractivity contribution in [2.24, 2.45) is 17.6 Å². The van der Waals surface area contributed by atoms with E-state index in [2.05, 4.69) is 28.9 Å². The fraction of sp³-hybridized carbons (Fsp3) is 0.765. The number of hydrogen-bond acceptors (Lipinski definition) is 4. The second-order valence-corrected chi connectivity index (χ2v) is 6.63. The van der Waals surface area contributed by atoms with Crippen molar-refractivity contribution in [3.63, 3.8) is 0 Å². The molecule has 0 aliphatic heterocycles. The fourth-order valence-electron chi connectivity index (χ4n) is 3.18. The van der Waals surface area contributed by atoms with Crippen molar-refractivity contribution in [3.05, 3.63) is 16.8 Å². The summed E-state index contributed by atoms with van der Waals surface area (Å²) in [7, 11) is 0. The Kier molecular flexibility index (Phi) is 4.43. The van der Waals surface area contributed by atoms with Gasteiger partial charge in [0.25, 0.3) is 0 Å². The van der Waals surface area contributed by atoms with Crippen LogP contribution in [0.4, 0.5) is 5.82 Å². The van der Waals surface area contributed by atoms with Crippen LogP contribution in [-0.2, 0) is 19.4 Å². The van der Waals surface area contributed by atoms with Crippen LogP contribution in [0.5, 0.6) is 0 Å². The van der Waals surface area contributed by atoms with Crippen molar-refractivity contribution < 1.29 is 0 Å². The summed E-state index contributed by atoms with van der Waals surface area (Å²) in [5.41, 5.74) is 9.79. The van der Waals surface area contributed by atoms with E-state index in [1.807, 2.05) is 0 Å². The molecular weight excluding hydrogens is 260 g/mol. The third-order valence-electron chi connectivity index (χ3n) is 4.79. The maximum atomic E-state index is 6.09. The van der Waals surface area contributed by atoms with Crippen molar-refractivity contribution in [2.75, 3.05) is 18.0 Å². The topological polar surface area (TPSA) is 55.0 Å². The predicted octanol–water partition coefficient (Wildman–Crippen LogP) is 2.69. The zero-order chi connectivity index (χ0) is 14.8. The standard InChI is InChI=1S/C17H28N4/c1-3-14-15(9-18)17(20-19-16(14)4-2)21(10-12-5-6-12)11-13-7-8-13/h12-13H,3-11,18H2,1-2H3. The Morgan fingerprint density at radius 2 is 1.57 bits per heavy atom. The molecule has 2 aliphatic carbocycles. The Bertz CT molecular complexity index is 478. The number of aryl methyl sites for hydroxylation is 1. The molecule has 0 atom stereocenters. The minimum Gasteiger partial charge on any atom is -0.354 e. The molecule has 0 saturated heterocycles. The van der Waals surface area contributed by atoms with Crippen LogP contribution < -0.4 is 10.6 Å². The van der Waals surface area contributed by atoms with Crippen LogP contribution in [0.25, 0.3) is 0 Å². The van der Waals surface area contributed by atoms with Gasteiger partial charge in [0, 0.05) is 25.2 Å². The average Bonchev–Trinajstić information content (AvgIpc) is 3.40. The first-order chi connectivity index (χ1) is 10.3. The highest BCUT2D eigenvalue weighted by molar-refractivity contribution is 5.51. The molecule has 3 rings (SSSR count). The summed E-state index contributed by atoms with van der Waals surface area (Å²) in [4.78, 5) is 2.49. The minimum atomic E-state index is 0.576. The van der Waals surface area contributed by atoms with Crippen LogP contribution in [0.3, 0.4) is 0 Å². The average molecular weight is 288 g/mol. The van der Waals surface area contributed by atoms with Gasteiger partial charge >= 0.3 is 0 Å². The molecular formula is C17H28N4. The molecule has 0 spiro atoms. The van der Waals surface area contributed by atoms with E-state index >= 15 is 0 Å². The lowest BCUT2D eigenvalue weighted by atomic mass is 10.0. The van der Waals surface area contributed by atoms with Gasteiger partial charge in [-0.3, -0.25) is 0 Å². The van der Waals surface area contributed by atoms with Gasteiger partial charge in [-0.05, 0) is 55.9 Å². The van der Waals surface area contributed by atoms with Crippen LogP contribution in [0.2, 0.25) is 0 Å². The molecule has 0 radical (unpaired) electrons. The van der Waals surface area contributed by atoms with Gasteiger partial charge in [-0.25, -0.2) is 0 Å². The highest BCUT2D eigenvalue weighted by Gasteiger charge is 2.31. The molecule has 21 heavy (non-hydrogen) atoms. The monoisotopic (exact) mass is 288 g/mol. The van der Waals surface area contributed by atoms with E-state index in [-0.39, 0.29) is 0 Å². The van der Waals surface area contributed by atoms with E-state index in [9.17, 15) is 0 Å². The highest BCUT2D eigenvalue weighted by atomic mass is 15.3. The maximum Gasteiger partial charge on any atom is 0.156 e. The summed E-state index contributed by atoms with van der Waals surface area (Å²) < 4.78 is 0. The van der Waals surface area contributed by atoms with Crippen LogP contribution in [0.15, 0.2) is 0 Å². The summed E-state index contributed by atoms with van der Waals surface area (Å²) in [5, 5.41) is 9.09. The Labute approximate surface area is 128 Å². The van der Waals surface area contributed by atoms with E-state index < -0.39 is 0 Å². The van der Waals surface area contributed by atoms with Crippen LogP contribution in [0, 0.1) is 11.8 Å². The second-order valence-electron chi connectivity index (χ2n) is 6.63. The van der Waals surface area contributed by atoms with Crippen molar-refractivity contribution in [3.8, 4) is 0 Å². The molecule has 2 N–H and O–H groups in total. The Morgan fingerprint density at radius 1 is 0.952 bits per heavy atom. The first kappa shape index (κ1) is 14.8. The van der Waals surface area contributed by atoms with Gasteiger partial charge in [-0.2, -0.15) is 5.10 Å². The molecule has 4 nitrogen and oxygen atoms in total. The van der Waals surface area contributed by atoms with Gasteiger partial charge in [-0.1, -0.05) is 13.8 Å². The number of nitrogens with two attached hydrogens (primary N) is 1. The number of aromatic nitrogens is 2. The lowest BCUT2D eigenvalue weighted by molar-refractivity contribution is 0.657. The summed E-state index contributed by atoms with van der Waals surface area (Å²) >= 11 is 0. The molecule has 0 bridgehead atoms. The third-order valence-corrected chi connectivity index (χ3v) is 4.79. The van der Waals surface area contributed by atoms with Crippen molar-refractivity contribution in [1.82, 2.24) is 10.2 Å². The molecule has 0 amide bonds. The number of rotatable bonds is 8. The van der Waals surface area contributed by atoms with Gasteiger partial charge in [0.05, 0.1) is 5.69 Å². The molecule has 1 aromatic rings. The Hall–Kier alpha value is -1.16. The number of hydrogen-bond donors (Lipinski definition) is 1. The Morgan fingerprint density at radius 3 is 2.00 bits per heavy atom. The smallest absolute Gasteiger partial charge is 0.156 e. The summed E-state index contributed by atoms with van der Waals surface area (Å²) in [6.07, 6.45) is 7.44. The highest BCUT2D eigenvalue weighted by Crippen LogP contribution is 2.36. The fourth-order valence-corrected chi connectivity index (χ4v) is 3.18. The first-order valence-electron chi connectivity index (χ1n) is 8.59. The summed E-state index contributed by atoms with van der Waals surface area (Å²) in [6, 6.07) is 0. The molecule has 1 aromatic heterocycles. The van der Waals surface area contributed by atoms with Gasteiger partial charge in [0.2, 0.25) is 0 Å². The van der Waals surface area contributed by atoms with E-state index in [0.29, 0.717) is 6.54 Å². The SMILES string of the molecule is CCc1nnc(N(CC2CC2)CC2CC2)c(CN)c1CC. The molecule has 4 heteroatoms. The molecule has 116 valence electrons. The van der Waals surface area contributed by atoms with Crippen LogP contribution >= 0.6 is 0 Å². The number of anilines is 1. The maximum absolute atomic E-state index is 6.09. The summed E-state index contributed by atoms with van der Waals surface area (Å²) in [6.45, 7) is 7.22. The second kappa shape index (κ2) is 6.30. The van der Waals surface area contributed by atoms with Gasteiger partial charge < -0.3 is 10.6 Å². The molecule has 2 saturated carbocycles. The quantitative estimate of drug-likeness (QED) is 0.799. The van der Waals surface area contributed by atoms with Crippen LogP contribution in [0.1, 0.15) is 56.4 Å². The van der Waals surface area contributed by atoms with Crippen LogP contribution in [-0.4, -0.2) is 23.3 Å². The molecule has 0 unspecified atom stereocenters. The van der Waals surface area contributed by atoms with Gasteiger partial charge in [-0.15, -0.1) is 5.10 Å². The van der Waals surface area contributed by atoms with Crippen molar-refractivity contribution in [2.45, 2.75) is 58.9 Å². The van der Waals surface area contributed by atoms with E-state index in [1.165, 1.54) is 36.8 Å². The number of nitrogens with zero attached hydrogens (tertiary/aromatic N) is 3. The van der Waals surface area contributed by atoms with E-state index in [0.717, 1.165) is 49.3 Å². The largest absolute Gasteiger partial charge is 0.354 e. The predicted molar refractivity (Wildman–Crippen MR) is 86.3 cm³/mol. The molecule has 2 aliphatic rings. The van der Waals surface area contributed by atoms with E-state index in [1.54, 1.807) is 0 Å². The molecule has 2 fully saturated rings. The van der Waals surface area contributed by atoms with Crippen molar-refractivity contribution in [1.29, 1.82) is 0 Å². The molecule has 0 aromatic carbocycles. The van der Waals surface area contributed by atoms with Crippen molar-refractivity contribution >= 4 is 5.82 Å². The van der Waals surface area contributed by atoms with Gasteiger partial charge in [0.1, 0.15) is 0 Å². The van der Waals surface area contributed by atoms with E-state index in [4.69, 9.17) is 5.73 Å². The van der Waals surface area contributed by atoms with Gasteiger partial charge in [0.15, 0.2) is 5.82 Å². The Balaban J connectivity index is 1.92. The lowest BCUT2D eigenvalue weighted by Gasteiger charge is -2.27. The zero-order valence-electron chi connectivity index (χ0n) is 13.4.